The third-order valence-corrected chi connectivity index (χ3v) is 7.91. The third kappa shape index (κ3) is 7.53. The van der Waals surface area contributed by atoms with Crippen LogP contribution in [0.25, 0.3) is 0 Å². The Hall–Kier alpha value is -3.48. The predicted molar refractivity (Wildman–Crippen MR) is 143 cm³/mol. The van der Waals surface area contributed by atoms with Gasteiger partial charge >= 0.3 is 5.97 Å². The van der Waals surface area contributed by atoms with Crippen LogP contribution in [0.5, 0.6) is 5.75 Å². The zero-order chi connectivity index (χ0) is 26.9. The van der Waals surface area contributed by atoms with Gasteiger partial charge in [0.1, 0.15) is 5.75 Å². The van der Waals surface area contributed by atoms with Gasteiger partial charge in [-0.15, -0.1) is 0 Å². The number of carboxylic acids is 1. The minimum atomic E-state index is -0.731. The summed E-state index contributed by atoms with van der Waals surface area (Å²) >= 11 is 0. The molecule has 0 radical (unpaired) electrons. The van der Waals surface area contributed by atoms with Gasteiger partial charge in [0.05, 0.1) is 12.0 Å². The summed E-state index contributed by atoms with van der Waals surface area (Å²) in [6, 6.07) is 16.4. The number of hydrogen-bond acceptors (Lipinski definition) is 5. The van der Waals surface area contributed by atoms with E-state index in [0.29, 0.717) is 56.4 Å². The van der Waals surface area contributed by atoms with Crippen molar-refractivity contribution in [2.45, 2.75) is 70.3 Å². The van der Waals surface area contributed by atoms with E-state index in [1.807, 2.05) is 30.3 Å². The number of nitrogens with one attached hydrogen (secondary N) is 1. The van der Waals surface area contributed by atoms with E-state index >= 15 is 0 Å². The normalized spacial score (nSPS) is 23.3. The molecule has 7 nitrogen and oxygen atoms in total. The topological polar surface area (TPSA) is 110 Å². The summed E-state index contributed by atoms with van der Waals surface area (Å²) in [5.74, 6) is -0.191. The number of carbonyl (C=O) groups is 4. The van der Waals surface area contributed by atoms with Gasteiger partial charge in [-0.05, 0) is 82.1 Å². The first-order chi connectivity index (χ1) is 18.4. The lowest BCUT2D eigenvalue weighted by molar-refractivity contribution is -0.143. The Morgan fingerprint density at radius 1 is 0.737 bits per heavy atom. The molecule has 38 heavy (non-hydrogen) atoms. The highest BCUT2D eigenvalue weighted by Crippen LogP contribution is 2.31. The van der Waals surface area contributed by atoms with Crippen molar-refractivity contribution in [3.63, 3.8) is 0 Å². The molecule has 1 amide bonds. The Balaban J connectivity index is 1.12. The number of amides is 1. The van der Waals surface area contributed by atoms with Crippen LogP contribution in [0, 0.1) is 17.8 Å². The second-order valence-electron chi connectivity index (χ2n) is 10.6. The summed E-state index contributed by atoms with van der Waals surface area (Å²) in [5, 5.41) is 12.1. The van der Waals surface area contributed by atoms with Crippen molar-refractivity contribution in [1.29, 1.82) is 0 Å². The average molecular weight is 520 g/mol. The van der Waals surface area contributed by atoms with Crippen LogP contribution in [0.2, 0.25) is 0 Å². The molecule has 2 aliphatic carbocycles. The largest absolute Gasteiger partial charge is 0.490 e. The molecule has 7 heteroatoms. The van der Waals surface area contributed by atoms with Crippen molar-refractivity contribution < 1.29 is 29.0 Å². The third-order valence-electron chi connectivity index (χ3n) is 7.91. The van der Waals surface area contributed by atoms with Crippen LogP contribution in [-0.4, -0.2) is 41.2 Å². The van der Waals surface area contributed by atoms with Crippen molar-refractivity contribution in [1.82, 2.24) is 5.32 Å². The zero-order valence-electron chi connectivity index (χ0n) is 21.8. The van der Waals surface area contributed by atoms with Crippen LogP contribution >= 0.6 is 0 Å². The van der Waals surface area contributed by atoms with Gasteiger partial charge in [-0.2, -0.15) is 0 Å². The molecular weight excluding hydrogens is 482 g/mol. The van der Waals surface area contributed by atoms with Crippen molar-refractivity contribution in [3.8, 4) is 5.75 Å². The van der Waals surface area contributed by atoms with Gasteiger partial charge in [0, 0.05) is 35.9 Å². The molecule has 0 aromatic heterocycles. The van der Waals surface area contributed by atoms with Gasteiger partial charge in [0.15, 0.2) is 11.6 Å². The van der Waals surface area contributed by atoms with Gasteiger partial charge in [-0.3, -0.25) is 19.2 Å². The molecule has 0 bridgehead atoms. The number of Topliss-reactive ketones (excluding diaryl/α,β-unsaturated/α-hetero) is 2. The first-order valence-electron chi connectivity index (χ1n) is 13.8. The fourth-order valence-electron chi connectivity index (χ4n) is 5.54. The van der Waals surface area contributed by atoms with E-state index in [9.17, 15) is 19.2 Å². The van der Waals surface area contributed by atoms with Crippen LogP contribution in [0.3, 0.4) is 0 Å². The molecule has 0 unspecified atom stereocenters. The molecule has 2 aliphatic rings. The van der Waals surface area contributed by atoms with E-state index < -0.39 is 5.97 Å². The first-order valence-corrected chi connectivity index (χ1v) is 13.8. The lowest BCUT2D eigenvalue weighted by atomic mass is 9.78. The van der Waals surface area contributed by atoms with Crippen LogP contribution < -0.4 is 10.1 Å². The maximum absolute atomic E-state index is 12.7. The van der Waals surface area contributed by atoms with Gasteiger partial charge in [0.2, 0.25) is 5.91 Å². The number of carbonyl (C=O) groups excluding carboxylic acids is 3. The second-order valence-corrected chi connectivity index (χ2v) is 10.6. The molecular formula is C31H37NO6. The summed E-state index contributed by atoms with van der Waals surface area (Å²) in [5.41, 5.74) is 1.35. The van der Waals surface area contributed by atoms with Gasteiger partial charge in [-0.25, -0.2) is 0 Å². The smallest absolute Gasteiger partial charge is 0.306 e. The van der Waals surface area contributed by atoms with E-state index in [4.69, 9.17) is 9.84 Å². The van der Waals surface area contributed by atoms with E-state index in [2.05, 4.69) is 5.32 Å². The Morgan fingerprint density at radius 2 is 1.34 bits per heavy atom. The Labute approximate surface area is 224 Å². The molecule has 2 fully saturated rings. The highest BCUT2D eigenvalue weighted by atomic mass is 16.5. The summed E-state index contributed by atoms with van der Waals surface area (Å²) in [4.78, 5) is 48.9. The minimum absolute atomic E-state index is 0.00941. The number of rotatable bonds is 11. The fraction of sp³-hybridized carbons (Fsp3) is 0.484. The Kier molecular flexibility index (Phi) is 9.68. The summed E-state index contributed by atoms with van der Waals surface area (Å²) < 4.78 is 5.97. The number of carboxylic acid groups (broad SMARTS) is 1. The number of hydrogen-bond donors (Lipinski definition) is 2. The lowest BCUT2D eigenvalue weighted by Gasteiger charge is -2.27. The van der Waals surface area contributed by atoms with Gasteiger partial charge < -0.3 is 15.2 Å². The van der Waals surface area contributed by atoms with E-state index in [-0.39, 0.29) is 41.3 Å². The number of aliphatic carboxylic acids is 1. The molecule has 0 spiro atoms. The Bertz CT molecular complexity index is 1100. The zero-order valence-corrected chi connectivity index (χ0v) is 21.8. The molecule has 2 aromatic rings. The number of ketones is 2. The summed E-state index contributed by atoms with van der Waals surface area (Å²) in [6.07, 6.45) is 6.50. The molecule has 202 valence electrons. The van der Waals surface area contributed by atoms with Gasteiger partial charge in [-0.1, -0.05) is 30.3 Å². The average Bonchev–Trinajstić information content (AvgIpc) is 2.96. The second kappa shape index (κ2) is 13.4. The van der Waals surface area contributed by atoms with Crippen LogP contribution in [-0.2, 0) is 9.59 Å². The van der Waals surface area contributed by atoms with Crippen molar-refractivity contribution in [2.75, 3.05) is 6.54 Å². The maximum atomic E-state index is 12.7. The molecule has 0 aliphatic heterocycles. The fourth-order valence-corrected chi connectivity index (χ4v) is 5.54. The molecule has 0 heterocycles. The summed E-state index contributed by atoms with van der Waals surface area (Å²) in [7, 11) is 0. The summed E-state index contributed by atoms with van der Waals surface area (Å²) in [6.45, 7) is 0.452. The molecule has 0 atom stereocenters. The standard InChI is InChI=1S/C31H37NO6/c33-28(21-12-16-26(17-13-21)38-27-18-14-25(15-19-27)31(36)37)7-4-20-32-30(35)24-10-8-23(9-11-24)29(34)22-5-2-1-3-6-22/h1-3,5-6,12-13,16-17,23-25,27H,4,7-11,14-15,18-20H2,(H,32,35)(H,36,37). The van der Waals surface area contributed by atoms with E-state index in [0.717, 1.165) is 31.2 Å². The highest BCUT2D eigenvalue weighted by molar-refractivity contribution is 5.98. The lowest BCUT2D eigenvalue weighted by Crippen LogP contribution is -2.35. The maximum Gasteiger partial charge on any atom is 0.306 e. The predicted octanol–water partition coefficient (Wildman–Crippen LogP) is 5.48. The SMILES string of the molecule is O=C(CCCNC(=O)C1CCC(C(=O)c2ccccc2)CC1)c1ccc(OC2CCC(C(=O)O)CC2)cc1. The molecule has 2 N–H and O–H groups in total. The highest BCUT2D eigenvalue weighted by Gasteiger charge is 2.30. The molecule has 0 saturated heterocycles. The Morgan fingerprint density at radius 3 is 1.97 bits per heavy atom. The van der Waals surface area contributed by atoms with Crippen LogP contribution in [0.15, 0.2) is 54.6 Å². The van der Waals surface area contributed by atoms with Crippen molar-refractivity contribution >= 4 is 23.4 Å². The van der Waals surface area contributed by atoms with Crippen molar-refractivity contribution in [3.05, 3.63) is 65.7 Å². The number of ether oxygens (including phenoxy) is 1. The van der Waals surface area contributed by atoms with Crippen molar-refractivity contribution in [2.24, 2.45) is 17.8 Å². The first kappa shape index (κ1) is 27.6. The van der Waals surface area contributed by atoms with Crippen LogP contribution in [0.1, 0.15) is 84.9 Å². The number of benzene rings is 2. The van der Waals surface area contributed by atoms with E-state index in [1.54, 1.807) is 24.3 Å². The quantitative estimate of drug-likeness (QED) is 0.301. The monoisotopic (exact) mass is 519 g/mol. The molecule has 2 aromatic carbocycles. The van der Waals surface area contributed by atoms with Gasteiger partial charge in [0.25, 0.3) is 0 Å². The van der Waals surface area contributed by atoms with E-state index in [1.165, 1.54) is 0 Å². The molecule has 4 rings (SSSR count). The molecule has 2 saturated carbocycles. The van der Waals surface area contributed by atoms with Crippen LogP contribution in [0.4, 0.5) is 0 Å². The minimum Gasteiger partial charge on any atom is -0.490 e.